The molecule has 0 aliphatic carbocycles. The molecule has 0 fully saturated rings. The van der Waals surface area contributed by atoms with Crippen molar-refractivity contribution in [3.8, 4) is 0 Å². The van der Waals surface area contributed by atoms with E-state index in [0.717, 1.165) is 5.56 Å². The number of benzene rings is 3. The van der Waals surface area contributed by atoms with Gasteiger partial charge in [-0.25, -0.2) is 0 Å². The van der Waals surface area contributed by atoms with E-state index in [1.165, 1.54) is 30.0 Å². The number of hydrogen-bond acceptors (Lipinski definition) is 3. The highest BCUT2D eigenvalue weighted by molar-refractivity contribution is 7.99. The van der Waals surface area contributed by atoms with E-state index in [1.54, 1.807) is 23.1 Å². The highest BCUT2D eigenvalue weighted by Gasteiger charge is 2.10. The van der Waals surface area contributed by atoms with Crippen LogP contribution in [0.5, 0.6) is 0 Å². The Bertz CT molecular complexity index is 1030. The Morgan fingerprint density at radius 3 is 2.33 bits per heavy atom. The maximum atomic E-state index is 12.0. The number of carbonyl (C=O) groups is 1. The van der Waals surface area contributed by atoms with Gasteiger partial charge in [0.2, 0.25) is 0 Å². The molecule has 0 saturated carbocycles. The number of hydrogen-bond donors (Lipinski definition) is 0. The van der Waals surface area contributed by atoms with Gasteiger partial charge in [-0.1, -0.05) is 36.9 Å². The fourth-order valence-electron chi connectivity index (χ4n) is 2.82. The lowest BCUT2D eigenvalue weighted by Gasteiger charge is -2.02. The second-order valence-electron chi connectivity index (χ2n) is 5.66. The summed E-state index contributed by atoms with van der Waals surface area (Å²) in [6.07, 6.45) is 0.544. The van der Waals surface area contributed by atoms with Crippen molar-refractivity contribution in [1.82, 2.24) is 0 Å². The van der Waals surface area contributed by atoms with Crippen LogP contribution in [0.3, 0.4) is 0 Å². The summed E-state index contributed by atoms with van der Waals surface area (Å²) in [5.41, 5.74) is 0.811. The zero-order chi connectivity index (χ0) is 16.5. The molecule has 0 bridgehead atoms. The predicted molar refractivity (Wildman–Crippen MR) is 105 cm³/mol. The summed E-state index contributed by atoms with van der Waals surface area (Å²) in [5, 5.41) is 2.42. The average molecular weight is 348 g/mol. The van der Waals surface area contributed by atoms with Gasteiger partial charge in [-0.3, -0.25) is 4.79 Å². The molecule has 118 valence electrons. The number of rotatable bonds is 4. The van der Waals surface area contributed by atoms with E-state index < -0.39 is 0 Å². The van der Waals surface area contributed by atoms with Crippen molar-refractivity contribution >= 4 is 49.1 Å². The average Bonchev–Trinajstić information content (AvgIpc) is 2.99. The Balaban J connectivity index is 1.82. The van der Waals surface area contributed by atoms with E-state index in [0.29, 0.717) is 6.42 Å². The van der Waals surface area contributed by atoms with Crippen LogP contribution < -0.4 is 0 Å². The van der Waals surface area contributed by atoms with Gasteiger partial charge in [-0.05, 0) is 48.5 Å². The summed E-state index contributed by atoms with van der Waals surface area (Å²) in [5.74, 6) is 0.200. The Hall–Kier alpha value is -2.10. The van der Waals surface area contributed by atoms with Crippen LogP contribution in [0, 0.1) is 0 Å². The maximum Gasteiger partial charge on any atom is 0.162 e. The standard InChI is InChI=1S/C21H16OS2/c1-2-19(22)14-8-10-20-17(12-14)18-13-16(9-11-21(18)24-20)23-15-6-4-3-5-7-15/h3-13H,2H2,1H3. The summed E-state index contributed by atoms with van der Waals surface area (Å²) in [7, 11) is 0. The van der Waals surface area contributed by atoms with Gasteiger partial charge in [0.1, 0.15) is 0 Å². The van der Waals surface area contributed by atoms with Crippen LogP contribution in [-0.4, -0.2) is 5.78 Å². The Labute approximate surface area is 149 Å². The molecule has 0 unspecified atom stereocenters. The van der Waals surface area contributed by atoms with Crippen LogP contribution in [0.4, 0.5) is 0 Å². The van der Waals surface area contributed by atoms with E-state index in [1.807, 2.05) is 19.1 Å². The van der Waals surface area contributed by atoms with E-state index in [9.17, 15) is 4.79 Å². The Morgan fingerprint density at radius 1 is 0.875 bits per heavy atom. The molecule has 0 radical (unpaired) electrons. The summed E-state index contributed by atoms with van der Waals surface area (Å²) >= 11 is 3.55. The highest BCUT2D eigenvalue weighted by Crippen LogP contribution is 2.38. The van der Waals surface area contributed by atoms with E-state index >= 15 is 0 Å². The molecule has 0 aliphatic heterocycles. The van der Waals surface area contributed by atoms with Gasteiger partial charge in [0.25, 0.3) is 0 Å². The molecule has 1 heterocycles. The van der Waals surface area contributed by atoms with E-state index in [4.69, 9.17) is 0 Å². The first-order valence-corrected chi connectivity index (χ1v) is 9.60. The van der Waals surface area contributed by atoms with E-state index in [-0.39, 0.29) is 5.78 Å². The zero-order valence-corrected chi connectivity index (χ0v) is 14.9. The predicted octanol–water partition coefficient (Wildman–Crippen LogP) is 6.80. The summed E-state index contributed by atoms with van der Waals surface area (Å²) < 4.78 is 2.50. The number of ketones is 1. The summed E-state index contributed by atoms with van der Waals surface area (Å²) in [4.78, 5) is 14.5. The number of fused-ring (bicyclic) bond motifs is 3. The fraction of sp³-hybridized carbons (Fsp3) is 0.0952. The third-order valence-corrected chi connectivity index (χ3v) is 6.21. The van der Waals surface area contributed by atoms with Gasteiger partial charge in [0.05, 0.1) is 0 Å². The third-order valence-electron chi connectivity index (χ3n) is 4.06. The minimum atomic E-state index is 0.200. The summed E-state index contributed by atoms with van der Waals surface area (Å²) in [6.45, 7) is 1.91. The summed E-state index contributed by atoms with van der Waals surface area (Å²) in [6, 6.07) is 23.1. The molecule has 1 aromatic heterocycles. The molecule has 3 heteroatoms. The zero-order valence-electron chi connectivity index (χ0n) is 13.3. The Kier molecular flexibility index (Phi) is 4.13. The van der Waals surface area contributed by atoms with E-state index in [2.05, 4.69) is 54.6 Å². The molecule has 0 spiro atoms. The SMILES string of the molecule is CCC(=O)c1ccc2sc3ccc(Sc4ccccc4)cc3c2c1. The quantitative estimate of drug-likeness (QED) is 0.377. The van der Waals surface area contributed by atoms with Crippen LogP contribution >= 0.6 is 23.1 Å². The van der Waals surface area contributed by atoms with Crippen molar-refractivity contribution in [2.24, 2.45) is 0 Å². The number of Topliss-reactive ketones (excluding diaryl/α,β-unsaturated/α-hetero) is 1. The molecule has 0 saturated heterocycles. The minimum Gasteiger partial charge on any atom is -0.294 e. The van der Waals surface area contributed by atoms with Gasteiger partial charge in [-0.15, -0.1) is 11.3 Å². The van der Waals surface area contributed by atoms with Gasteiger partial charge >= 0.3 is 0 Å². The minimum absolute atomic E-state index is 0.200. The van der Waals surface area contributed by atoms with Crippen LogP contribution in [-0.2, 0) is 0 Å². The monoisotopic (exact) mass is 348 g/mol. The fourth-order valence-corrected chi connectivity index (χ4v) is 4.77. The first-order chi connectivity index (χ1) is 11.7. The lowest BCUT2D eigenvalue weighted by atomic mass is 10.1. The molecule has 4 aromatic rings. The third kappa shape index (κ3) is 2.85. The largest absolute Gasteiger partial charge is 0.294 e. The highest BCUT2D eigenvalue weighted by atomic mass is 32.2. The maximum absolute atomic E-state index is 12.0. The Morgan fingerprint density at radius 2 is 1.58 bits per heavy atom. The topological polar surface area (TPSA) is 17.1 Å². The molecule has 0 aliphatic rings. The van der Waals surface area contributed by atoms with Crippen molar-refractivity contribution < 1.29 is 4.79 Å². The molecular formula is C21H16OS2. The smallest absolute Gasteiger partial charge is 0.162 e. The van der Waals surface area contributed by atoms with Crippen molar-refractivity contribution in [3.63, 3.8) is 0 Å². The van der Waals surface area contributed by atoms with Crippen molar-refractivity contribution in [2.45, 2.75) is 23.1 Å². The molecule has 1 nitrogen and oxygen atoms in total. The number of carbonyl (C=O) groups excluding carboxylic acids is 1. The lowest BCUT2D eigenvalue weighted by Crippen LogP contribution is -1.95. The first kappa shape index (κ1) is 15.4. The molecule has 0 amide bonds. The second-order valence-corrected chi connectivity index (χ2v) is 7.89. The molecule has 0 N–H and O–H groups in total. The first-order valence-electron chi connectivity index (χ1n) is 7.97. The molecule has 0 atom stereocenters. The number of thiophene rings is 1. The van der Waals surface area contributed by atoms with Crippen molar-refractivity contribution in [2.75, 3.05) is 0 Å². The normalized spacial score (nSPS) is 11.2. The van der Waals surface area contributed by atoms with Gasteiger partial charge in [0.15, 0.2) is 5.78 Å². The molecular weight excluding hydrogens is 332 g/mol. The van der Waals surface area contributed by atoms with Gasteiger partial charge in [-0.2, -0.15) is 0 Å². The van der Waals surface area contributed by atoms with Gasteiger partial charge in [0, 0.05) is 41.9 Å². The van der Waals surface area contributed by atoms with Crippen LogP contribution in [0.2, 0.25) is 0 Å². The van der Waals surface area contributed by atoms with Gasteiger partial charge < -0.3 is 0 Å². The van der Waals surface area contributed by atoms with Crippen LogP contribution in [0.15, 0.2) is 76.5 Å². The molecule has 24 heavy (non-hydrogen) atoms. The lowest BCUT2D eigenvalue weighted by molar-refractivity contribution is 0.0988. The van der Waals surface area contributed by atoms with Crippen molar-refractivity contribution in [1.29, 1.82) is 0 Å². The molecule has 4 rings (SSSR count). The van der Waals surface area contributed by atoms with Crippen LogP contribution in [0.25, 0.3) is 20.2 Å². The van der Waals surface area contributed by atoms with Crippen LogP contribution in [0.1, 0.15) is 23.7 Å². The van der Waals surface area contributed by atoms with Crippen molar-refractivity contribution in [3.05, 3.63) is 72.3 Å². The second kappa shape index (κ2) is 6.42. The molecule has 3 aromatic carbocycles.